The van der Waals surface area contributed by atoms with E-state index in [4.69, 9.17) is 9.31 Å². The third kappa shape index (κ3) is 5.55. The minimum Gasteiger partial charge on any atom is -0.621 e. The first-order valence-electron chi connectivity index (χ1n) is 14.8. The van der Waals surface area contributed by atoms with Gasteiger partial charge in [0.25, 0.3) is 0 Å². The van der Waals surface area contributed by atoms with E-state index in [9.17, 15) is 9.59 Å². The van der Waals surface area contributed by atoms with Gasteiger partial charge in [-0.3, -0.25) is 14.6 Å². The number of carbonyl (C=O) groups excluding carboxylic acids is 2. The molecule has 0 fully saturated rings. The second-order valence-electron chi connectivity index (χ2n) is 11.7. The third-order valence-corrected chi connectivity index (χ3v) is 8.25. The molecule has 6 rings (SSSR count). The molecule has 0 aliphatic carbocycles. The van der Waals surface area contributed by atoms with Gasteiger partial charge in [-0.2, -0.15) is 0 Å². The summed E-state index contributed by atoms with van der Waals surface area (Å²) in [5, 5.41) is 3.34. The molecule has 9 heteroatoms. The molecule has 218 valence electrons. The zero-order valence-electron chi connectivity index (χ0n) is 24.6. The standard InChI is InChI=1S/C34H35BN4O4/c1-23(2)19-33(35-39(29-14-8-10-16-32(29)43-35)24(3)27-13-7-9-15-31(27)42-35)38-34(41)26(20-25-11-5-4-6-12-25)21-30(40)28-22-36-17-18-37-28/h4-18,22-23,26,33H,19-21H2,1-3H3,(H,38,41)/t26-,33-,35?/m0/s1. The lowest BCUT2D eigenvalue weighted by atomic mass is 9.58. The lowest BCUT2D eigenvalue weighted by Gasteiger charge is -2.42. The van der Waals surface area contributed by atoms with Crippen molar-refractivity contribution in [3.8, 4) is 11.5 Å². The number of hydrogen-bond donors (Lipinski definition) is 1. The van der Waals surface area contributed by atoms with Crippen molar-refractivity contribution in [3.05, 3.63) is 114 Å². The molecule has 0 radical (unpaired) electrons. The Labute approximate surface area is 251 Å². The average molecular weight is 574 g/mol. The smallest absolute Gasteiger partial charge is 0.621 e. The van der Waals surface area contributed by atoms with Crippen LogP contribution in [0.15, 0.2) is 97.5 Å². The van der Waals surface area contributed by atoms with Gasteiger partial charge in [0.15, 0.2) is 11.5 Å². The van der Waals surface area contributed by atoms with Crippen LogP contribution in [0.3, 0.4) is 0 Å². The van der Waals surface area contributed by atoms with E-state index in [1.54, 1.807) is 0 Å². The minimum absolute atomic E-state index is 0.00649. The first-order valence-corrected chi connectivity index (χ1v) is 14.8. The van der Waals surface area contributed by atoms with Crippen molar-refractivity contribution in [2.75, 3.05) is 0 Å². The Morgan fingerprint density at radius 3 is 2.35 bits per heavy atom. The quantitative estimate of drug-likeness (QED) is 0.197. The van der Waals surface area contributed by atoms with Crippen molar-refractivity contribution in [3.63, 3.8) is 0 Å². The highest BCUT2D eigenvalue weighted by molar-refractivity contribution is 6.65. The summed E-state index contributed by atoms with van der Waals surface area (Å²) in [6.07, 6.45) is 5.44. The number of aromatic nitrogens is 2. The van der Waals surface area contributed by atoms with Crippen molar-refractivity contribution in [1.82, 2.24) is 15.3 Å². The monoisotopic (exact) mass is 574 g/mol. The van der Waals surface area contributed by atoms with Crippen LogP contribution in [-0.2, 0) is 11.2 Å². The Kier molecular flexibility index (Phi) is 7.80. The number of nitrogens with zero attached hydrogens (tertiary/aromatic N) is 3. The number of nitrogens with one attached hydrogen (secondary N) is 1. The van der Waals surface area contributed by atoms with E-state index in [2.05, 4.69) is 40.5 Å². The van der Waals surface area contributed by atoms with Gasteiger partial charge in [0.2, 0.25) is 5.91 Å². The fraction of sp³-hybridized carbons (Fsp3) is 0.265. The van der Waals surface area contributed by atoms with Crippen LogP contribution in [0, 0.1) is 11.8 Å². The van der Waals surface area contributed by atoms with Crippen LogP contribution in [-0.4, -0.2) is 44.5 Å². The largest absolute Gasteiger partial charge is 0.675 e. The van der Waals surface area contributed by atoms with Crippen LogP contribution in [0.4, 0.5) is 5.69 Å². The molecule has 0 saturated heterocycles. The molecule has 1 unspecified atom stereocenters. The second-order valence-corrected chi connectivity index (χ2v) is 11.7. The molecule has 0 bridgehead atoms. The second kappa shape index (κ2) is 11.8. The Morgan fingerprint density at radius 2 is 1.60 bits per heavy atom. The summed E-state index contributed by atoms with van der Waals surface area (Å²) in [5.41, 5.74) is 4.08. The van der Waals surface area contributed by atoms with Crippen LogP contribution in [0.2, 0.25) is 0 Å². The predicted octanol–water partition coefficient (Wildman–Crippen LogP) is 5.56. The minimum atomic E-state index is -2.28. The maximum absolute atomic E-state index is 14.3. The molecule has 3 atom stereocenters. The molecule has 8 nitrogen and oxygen atoms in total. The Bertz CT molecular complexity index is 1680. The van der Waals surface area contributed by atoms with E-state index < -0.39 is 18.5 Å². The SMILES string of the molecule is CC1=[N+]2c3ccccc3O[B-]2([C@H](CC(C)C)NC(=O)[C@H](CC(=O)c2cnccn2)Cc2ccccc2)Oc2ccccc21. The molecule has 0 spiro atoms. The maximum atomic E-state index is 14.3. The first-order chi connectivity index (χ1) is 20.9. The van der Waals surface area contributed by atoms with E-state index in [-0.39, 0.29) is 29.7 Å². The summed E-state index contributed by atoms with van der Waals surface area (Å²) in [7, 11) is 0. The average Bonchev–Trinajstić information content (AvgIpc) is 3.36. The molecule has 2 aliphatic rings. The van der Waals surface area contributed by atoms with Crippen LogP contribution in [0.25, 0.3) is 0 Å². The van der Waals surface area contributed by atoms with Gasteiger partial charge in [-0.1, -0.05) is 68.4 Å². The van der Waals surface area contributed by atoms with E-state index in [1.807, 2.05) is 78.9 Å². The summed E-state index contributed by atoms with van der Waals surface area (Å²) >= 11 is 0. The summed E-state index contributed by atoms with van der Waals surface area (Å²) in [4.78, 5) is 35.8. The number of para-hydroxylation sites is 3. The van der Waals surface area contributed by atoms with Gasteiger partial charge in [0, 0.05) is 37.7 Å². The molecule has 43 heavy (non-hydrogen) atoms. The number of rotatable bonds is 10. The number of ketones is 1. The molecule has 1 amide bonds. The van der Waals surface area contributed by atoms with Crippen molar-refractivity contribution >= 4 is 29.8 Å². The van der Waals surface area contributed by atoms with Crippen LogP contribution >= 0.6 is 0 Å². The summed E-state index contributed by atoms with van der Waals surface area (Å²) in [6, 6.07) is 25.5. The van der Waals surface area contributed by atoms with Gasteiger partial charge < -0.3 is 19.1 Å². The van der Waals surface area contributed by atoms with E-state index in [0.29, 0.717) is 24.3 Å². The molecule has 1 aromatic heterocycles. The molecule has 2 aliphatic heterocycles. The Morgan fingerprint density at radius 1 is 0.907 bits per heavy atom. The fourth-order valence-corrected chi connectivity index (χ4v) is 6.31. The van der Waals surface area contributed by atoms with E-state index in [0.717, 1.165) is 22.5 Å². The molecule has 1 N–H and O–H groups in total. The molecule has 4 aromatic rings. The van der Waals surface area contributed by atoms with Gasteiger partial charge in [0.05, 0.1) is 23.5 Å². The number of carbonyl (C=O) groups is 2. The highest BCUT2D eigenvalue weighted by Gasteiger charge is 2.63. The zero-order valence-corrected chi connectivity index (χ0v) is 24.6. The number of hydrogen-bond acceptors (Lipinski definition) is 6. The first kappa shape index (κ1) is 28.3. The fourth-order valence-electron chi connectivity index (χ4n) is 6.31. The number of benzene rings is 3. The molecule has 0 saturated carbocycles. The lowest BCUT2D eigenvalue weighted by molar-refractivity contribution is -0.327. The van der Waals surface area contributed by atoms with Crippen molar-refractivity contribution in [1.29, 1.82) is 0 Å². The number of Topliss-reactive ketones (excluding diaryl/α,β-unsaturated/α-hetero) is 1. The highest BCUT2D eigenvalue weighted by atomic mass is 16.6. The van der Waals surface area contributed by atoms with Crippen molar-refractivity contribution in [2.45, 2.75) is 46.0 Å². The van der Waals surface area contributed by atoms with E-state index >= 15 is 0 Å². The Balaban J connectivity index is 1.38. The van der Waals surface area contributed by atoms with Gasteiger partial charge >= 0.3 is 6.69 Å². The van der Waals surface area contributed by atoms with E-state index in [1.165, 1.54) is 18.6 Å². The summed E-state index contributed by atoms with van der Waals surface area (Å²) < 4.78 is 15.8. The van der Waals surface area contributed by atoms with Gasteiger partial charge in [0.1, 0.15) is 17.2 Å². The molecular formula is C34H35BN4O4. The highest BCUT2D eigenvalue weighted by Crippen LogP contribution is 2.45. The van der Waals surface area contributed by atoms with Crippen LogP contribution < -0.4 is 14.6 Å². The molecule has 3 heterocycles. The summed E-state index contributed by atoms with van der Waals surface area (Å²) in [5.74, 6) is 0.00623. The summed E-state index contributed by atoms with van der Waals surface area (Å²) in [6.45, 7) is 4.02. The number of fused-ring (bicyclic) bond motifs is 4. The van der Waals surface area contributed by atoms with Crippen LogP contribution in [0.1, 0.15) is 55.2 Å². The van der Waals surface area contributed by atoms with Gasteiger partial charge in [-0.05, 0) is 42.5 Å². The van der Waals surface area contributed by atoms with Crippen molar-refractivity contribution in [2.24, 2.45) is 11.8 Å². The predicted molar refractivity (Wildman–Crippen MR) is 166 cm³/mol. The maximum Gasteiger partial charge on any atom is 0.675 e. The topological polar surface area (TPSA) is 93.4 Å². The van der Waals surface area contributed by atoms with Gasteiger partial charge in [-0.15, -0.1) is 0 Å². The van der Waals surface area contributed by atoms with Gasteiger partial charge in [-0.25, -0.2) is 4.98 Å². The molecular weight excluding hydrogens is 539 g/mol. The third-order valence-electron chi connectivity index (χ3n) is 8.25. The normalized spacial score (nSPS) is 18.0. The number of amides is 1. The van der Waals surface area contributed by atoms with Crippen LogP contribution in [0.5, 0.6) is 11.5 Å². The lowest BCUT2D eigenvalue weighted by Crippen LogP contribution is -2.71. The zero-order chi connectivity index (χ0) is 30.0. The molecule has 3 aromatic carbocycles. The Hall–Kier alpha value is -4.79. The van der Waals surface area contributed by atoms with Crippen molar-refractivity contribution < 1.29 is 23.4 Å².